The molecule has 0 aliphatic rings. The zero-order chi connectivity index (χ0) is 22.0. The summed E-state index contributed by atoms with van der Waals surface area (Å²) in [5.41, 5.74) is 3.02. The van der Waals surface area contributed by atoms with E-state index in [1.165, 1.54) is 10.6 Å². The van der Waals surface area contributed by atoms with Gasteiger partial charge in [0.15, 0.2) is 5.16 Å². The Morgan fingerprint density at radius 2 is 1.81 bits per heavy atom. The highest BCUT2D eigenvalue weighted by Gasteiger charge is 2.15. The number of carbonyl (C=O) groups is 1. The van der Waals surface area contributed by atoms with Gasteiger partial charge >= 0.3 is 0 Å². The van der Waals surface area contributed by atoms with Crippen molar-refractivity contribution in [2.45, 2.75) is 19.0 Å². The van der Waals surface area contributed by atoms with E-state index in [9.17, 15) is 14.0 Å². The van der Waals surface area contributed by atoms with Gasteiger partial charge in [-0.2, -0.15) is 0 Å². The van der Waals surface area contributed by atoms with Crippen LogP contribution in [0.4, 0.5) is 10.1 Å². The van der Waals surface area contributed by atoms with Crippen molar-refractivity contribution in [1.82, 2.24) is 9.55 Å². The quantitative estimate of drug-likeness (QED) is 0.360. The number of carbonyl (C=O) groups excluding carboxylic acids is 1. The predicted molar refractivity (Wildman–Crippen MR) is 123 cm³/mol. The molecule has 5 nitrogen and oxygen atoms in total. The summed E-state index contributed by atoms with van der Waals surface area (Å²) in [6.45, 7) is 3.63. The third-order valence-electron chi connectivity index (χ3n) is 4.83. The molecule has 1 heterocycles. The lowest BCUT2D eigenvalue weighted by molar-refractivity contribution is -0.113. The fourth-order valence-corrected chi connectivity index (χ4v) is 3.94. The first kappa shape index (κ1) is 20.8. The Hall–Kier alpha value is -3.45. The molecule has 0 fully saturated rings. The first-order chi connectivity index (χ1) is 14.9. The van der Waals surface area contributed by atoms with E-state index in [1.807, 2.05) is 37.3 Å². The van der Waals surface area contributed by atoms with Crippen LogP contribution >= 0.6 is 11.8 Å². The second-order valence-corrected chi connectivity index (χ2v) is 8.13. The predicted octanol–water partition coefficient (Wildman–Crippen LogP) is 4.87. The minimum absolute atomic E-state index is 0.0200. The number of halogens is 1. The highest BCUT2D eigenvalue weighted by atomic mass is 32.2. The number of aromatic nitrogens is 2. The number of nitrogens with zero attached hydrogens (tertiary/aromatic N) is 2. The van der Waals surface area contributed by atoms with Crippen molar-refractivity contribution in [3.8, 4) is 5.69 Å². The molecule has 0 spiro atoms. The molecule has 3 aromatic carbocycles. The van der Waals surface area contributed by atoms with Crippen LogP contribution in [-0.2, 0) is 4.79 Å². The highest BCUT2D eigenvalue weighted by molar-refractivity contribution is 7.99. The maximum atomic E-state index is 13.7. The number of fused-ring (bicyclic) bond motifs is 1. The number of aryl methyl sites for hydroxylation is 2. The molecule has 1 amide bonds. The number of nitrogens with one attached hydrogen (secondary N) is 1. The lowest BCUT2D eigenvalue weighted by Gasteiger charge is -2.13. The molecule has 0 radical (unpaired) electrons. The van der Waals surface area contributed by atoms with Crippen molar-refractivity contribution in [3.63, 3.8) is 0 Å². The molecule has 0 saturated carbocycles. The third kappa shape index (κ3) is 4.51. The number of rotatable bonds is 5. The summed E-state index contributed by atoms with van der Waals surface area (Å²) < 4.78 is 15.3. The molecule has 0 aliphatic heterocycles. The smallest absolute Gasteiger partial charge is 0.266 e. The van der Waals surface area contributed by atoms with E-state index in [0.29, 0.717) is 33.0 Å². The minimum atomic E-state index is -0.380. The van der Waals surface area contributed by atoms with Crippen LogP contribution in [0.5, 0.6) is 0 Å². The molecule has 0 unspecified atom stereocenters. The monoisotopic (exact) mass is 433 g/mol. The zero-order valence-corrected chi connectivity index (χ0v) is 17.9. The second-order valence-electron chi connectivity index (χ2n) is 7.19. The highest BCUT2D eigenvalue weighted by Crippen LogP contribution is 2.22. The summed E-state index contributed by atoms with van der Waals surface area (Å²) in [6, 6.07) is 19.2. The van der Waals surface area contributed by atoms with E-state index in [2.05, 4.69) is 10.3 Å². The van der Waals surface area contributed by atoms with Gasteiger partial charge in [-0.15, -0.1) is 0 Å². The van der Waals surface area contributed by atoms with Crippen molar-refractivity contribution in [2.24, 2.45) is 0 Å². The molecule has 31 heavy (non-hydrogen) atoms. The number of hydrogen-bond donors (Lipinski definition) is 1. The van der Waals surface area contributed by atoms with Gasteiger partial charge in [0, 0.05) is 5.69 Å². The van der Waals surface area contributed by atoms with Gasteiger partial charge < -0.3 is 5.32 Å². The first-order valence-corrected chi connectivity index (χ1v) is 10.7. The summed E-state index contributed by atoms with van der Waals surface area (Å²) >= 11 is 1.16. The molecule has 4 rings (SSSR count). The Morgan fingerprint density at radius 3 is 2.55 bits per heavy atom. The van der Waals surface area contributed by atoms with Crippen molar-refractivity contribution in [2.75, 3.05) is 11.1 Å². The number of hydrogen-bond acceptors (Lipinski definition) is 4. The Morgan fingerprint density at radius 1 is 1.06 bits per heavy atom. The summed E-state index contributed by atoms with van der Waals surface area (Å²) in [5.74, 6) is -0.674. The van der Waals surface area contributed by atoms with Crippen molar-refractivity contribution in [3.05, 3.63) is 94.0 Å². The molecule has 0 bridgehead atoms. The summed E-state index contributed by atoms with van der Waals surface area (Å²) in [4.78, 5) is 30.3. The van der Waals surface area contributed by atoms with Crippen molar-refractivity contribution in [1.29, 1.82) is 0 Å². The van der Waals surface area contributed by atoms with Crippen LogP contribution in [0.3, 0.4) is 0 Å². The molecule has 4 aromatic rings. The fourth-order valence-electron chi connectivity index (χ4n) is 3.13. The average molecular weight is 434 g/mol. The van der Waals surface area contributed by atoms with Crippen molar-refractivity contribution >= 4 is 34.3 Å². The second kappa shape index (κ2) is 8.73. The standard InChI is InChI=1S/C24H20FN3O2S/c1-15-7-11-18(12-8-15)28-23(30)19-5-3-4-6-21(19)27-24(28)31-14-22(29)26-17-10-9-16(2)20(25)13-17/h3-13H,14H2,1-2H3,(H,26,29). The molecule has 0 atom stereocenters. The normalized spacial score (nSPS) is 10.9. The summed E-state index contributed by atoms with van der Waals surface area (Å²) in [5, 5.41) is 3.60. The van der Waals surface area contributed by atoms with Crippen LogP contribution in [0, 0.1) is 19.7 Å². The molecule has 156 valence electrons. The van der Waals surface area contributed by atoms with Gasteiger partial charge in [-0.25, -0.2) is 9.37 Å². The molecule has 1 aromatic heterocycles. The van der Waals surface area contributed by atoms with Gasteiger partial charge in [-0.1, -0.05) is 47.7 Å². The summed E-state index contributed by atoms with van der Waals surface area (Å²) in [6.07, 6.45) is 0. The minimum Gasteiger partial charge on any atom is -0.325 e. The van der Waals surface area contributed by atoms with Gasteiger partial charge in [0.1, 0.15) is 5.82 Å². The molecular weight excluding hydrogens is 413 g/mol. The van der Waals surface area contributed by atoms with Crippen LogP contribution < -0.4 is 10.9 Å². The first-order valence-electron chi connectivity index (χ1n) is 9.70. The van der Waals surface area contributed by atoms with E-state index in [1.54, 1.807) is 37.3 Å². The van der Waals surface area contributed by atoms with Crippen molar-refractivity contribution < 1.29 is 9.18 Å². The number of para-hydroxylation sites is 1. The van der Waals surface area contributed by atoms with Gasteiger partial charge in [-0.05, 0) is 55.8 Å². The van der Waals surface area contributed by atoms with Crippen LogP contribution in [0.25, 0.3) is 16.6 Å². The van der Waals surface area contributed by atoms with E-state index in [-0.39, 0.29) is 23.0 Å². The van der Waals surface area contributed by atoms with Crippen LogP contribution in [0.15, 0.2) is 76.7 Å². The number of amides is 1. The van der Waals surface area contributed by atoms with E-state index in [0.717, 1.165) is 17.3 Å². The Kier molecular flexibility index (Phi) is 5.86. The zero-order valence-electron chi connectivity index (χ0n) is 17.1. The largest absolute Gasteiger partial charge is 0.325 e. The van der Waals surface area contributed by atoms with E-state index in [4.69, 9.17) is 0 Å². The molecule has 7 heteroatoms. The van der Waals surface area contributed by atoms with Crippen LogP contribution in [-0.4, -0.2) is 21.2 Å². The lowest BCUT2D eigenvalue weighted by Crippen LogP contribution is -2.23. The summed E-state index contributed by atoms with van der Waals surface area (Å²) in [7, 11) is 0. The van der Waals surface area contributed by atoms with Gasteiger partial charge in [0.05, 0.1) is 22.3 Å². The third-order valence-corrected chi connectivity index (χ3v) is 5.76. The van der Waals surface area contributed by atoms with E-state index < -0.39 is 0 Å². The number of thioether (sulfide) groups is 1. The Bertz CT molecular complexity index is 1330. The molecule has 0 saturated heterocycles. The Labute approximate surface area is 182 Å². The fraction of sp³-hybridized carbons (Fsp3) is 0.125. The van der Waals surface area contributed by atoms with Gasteiger partial charge in [-0.3, -0.25) is 14.2 Å². The van der Waals surface area contributed by atoms with Crippen LogP contribution in [0.1, 0.15) is 11.1 Å². The maximum Gasteiger partial charge on any atom is 0.266 e. The number of anilines is 1. The average Bonchev–Trinajstić information content (AvgIpc) is 2.76. The van der Waals surface area contributed by atoms with Gasteiger partial charge in [0.2, 0.25) is 5.91 Å². The Balaban J connectivity index is 1.65. The maximum absolute atomic E-state index is 13.7. The van der Waals surface area contributed by atoms with Gasteiger partial charge in [0.25, 0.3) is 5.56 Å². The molecule has 0 aliphatic carbocycles. The topological polar surface area (TPSA) is 64.0 Å². The molecular formula is C24H20FN3O2S. The number of benzene rings is 3. The molecule has 1 N–H and O–H groups in total. The lowest BCUT2D eigenvalue weighted by atomic mass is 10.2. The van der Waals surface area contributed by atoms with E-state index >= 15 is 0 Å². The SMILES string of the molecule is Cc1ccc(-n2c(SCC(=O)Nc3ccc(C)c(F)c3)nc3ccccc3c2=O)cc1. The van der Waals surface area contributed by atoms with Crippen LogP contribution in [0.2, 0.25) is 0 Å².